The van der Waals surface area contributed by atoms with Crippen LogP contribution in [0, 0.1) is 0 Å². The molecule has 1 aliphatic heterocycles. The molecule has 1 amide bonds. The van der Waals surface area contributed by atoms with Gasteiger partial charge in [0.1, 0.15) is 5.75 Å². The summed E-state index contributed by atoms with van der Waals surface area (Å²) in [5.41, 5.74) is 1.56. The Morgan fingerprint density at radius 3 is 2.48 bits per heavy atom. The van der Waals surface area contributed by atoms with E-state index in [1.54, 1.807) is 54.3 Å². The van der Waals surface area contributed by atoms with Gasteiger partial charge in [-0.25, -0.2) is 12.7 Å². The molecule has 1 heterocycles. The molecule has 27 heavy (non-hydrogen) atoms. The molecule has 8 heteroatoms. The Morgan fingerprint density at radius 2 is 1.85 bits per heavy atom. The summed E-state index contributed by atoms with van der Waals surface area (Å²) in [6.07, 6.45) is -0.0388. The second-order valence-corrected chi connectivity index (χ2v) is 9.12. The van der Waals surface area contributed by atoms with Gasteiger partial charge in [0.15, 0.2) is 6.10 Å². The lowest BCUT2D eigenvalue weighted by Gasteiger charge is -2.23. The number of halogens is 1. The first-order valence-corrected chi connectivity index (χ1v) is 10.3. The summed E-state index contributed by atoms with van der Waals surface area (Å²) in [4.78, 5) is 14.6. The minimum Gasteiger partial charge on any atom is -0.481 e. The van der Waals surface area contributed by atoms with E-state index in [0.717, 1.165) is 9.87 Å². The Morgan fingerprint density at radius 1 is 1.19 bits per heavy atom. The second-order valence-electron chi connectivity index (χ2n) is 6.53. The molecule has 0 aliphatic carbocycles. The summed E-state index contributed by atoms with van der Waals surface area (Å²) < 4.78 is 31.7. The number of carbonyl (C=O) groups is 1. The zero-order chi connectivity index (χ0) is 19.8. The average molecular weight is 409 g/mol. The van der Waals surface area contributed by atoms with Crippen LogP contribution >= 0.6 is 11.6 Å². The number of amides is 1. The van der Waals surface area contributed by atoms with Gasteiger partial charge in [-0.15, -0.1) is 0 Å². The van der Waals surface area contributed by atoms with Crippen LogP contribution in [0.25, 0.3) is 0 Å². The number of hydrogen-bond donors (Lipinski definition) is 0. The zero-order valence-corrected chi connectivity index (χ0v) is 16.9. The topological polar surface area (TPSA) is 66.9 Å². The molecule has 0 aromatic heterocycles. The number of fused-ring (bicyclic) bond motifs is 1. The molecule has 0 radical (unpaired) electrons. The lowest BCUT2D eigenvalue weighted by molar-refractivity contribution is -0.124. The largest absolute Gasteiger partial charge is 0.481 e. The van der Waals surface area contributed by atoms with Crippen molar-refractivity contribution < 1.29 is 17.9 Å². The minimum atomic E-state index is -3.57. The third-order valence-corrected chi connectivity index (χ3v) is 6.53. The van der Waals surface area contributed by atoms with E-state index in [2.05, 4.69) is 0 Å². The van der Waals surface area contributed by atoms with Crippen LogP contribution in [0.4, 0.5) is 5.69 Å². The van der Waals surface area contributed by atoms with E-state index >= 15 is 0 Å². The highest BCUT2D eigenvalue weighted by atomic mass is 35.5. The van der Waals surface area contributed by atoms with E-state index in [1.165, 1.54) is 14.1 Å². The zero-order valence-electron chi connectivity index (χ0n) is 15.3. The maximum Gasteiger partial charge on any atom is 0.267 e. The number of rotatable bonds is 5. The minimum absolute atomic E-state index is 0.164. The Kier molecular flexibility index (Phi) is 5.46. The van der Waals surface area contributed by atoms with Gasteiger partial charge in [0.25, 0.3) is 5.91 Å². The first kappa shape index (κ1) is 19.7. The highest BCUT2D eigenvalue weighted by Crippen LogP contribution is 2.32. The van der Waals surface area contributed by atoms with Crippen molar-refractivity contribution in [2.45, 2.75) is 24.3 Å². The predicted molar refractivity (Wildman–Crippen MR) is 105 cm³/mol. The quantitative estimate of drug-likeness (QED) is 0.762. The molecule has 2 aromatic rings. The van der Waals surface area contributed by atoms with Gasteiger partial charge in [-0.2, -0.15) is 0 Å². The summed E-state index contributed by atoms with van der Waals surface area (Å²) in [6.45, 7) is 2.17. The van der Waals surface area contributed by atoms with Gasteiger partial charge >= 0.3 is 0 Å². The van der Waals surface area contributed by atoms with Gasteiger partial charge in [-0.1, -0.05) is 17.7 Å². The van der Waals surface area contributed by atoms with Crippen molar-refractivity contribution in [2.24, 2.45) is 0 Å². The molecular weight excluding hydrogens is 388 g/mol. The van der Waals surface area contributed by atoms with Gasteiger partial charge in [0.2, 0.25) is 10.0 Å². The molecule has 6 nitrogen and oxygen atoms in total. The van der Waals surface area contributed by atoms with Gasteiger partial charge in [0.05, 0.1) is 4.90 Å². The normalized spacial score (nSPS) is 14.9. The number of carbonyl (C=O) groups excluding carboxylic acids is 1. The second kappa shape index (κ2) is 7.50. The van der Waals surface area contributed by atoms with E-state index in [-0.39, 0.29) is 10.8 Å². The molecule has 0 saturated carbocycles. The molecule has 1 aliphatic rings. The van der Waals surface area contributed by atoms with Crippen LogP contribution in [0.2, 0.25) is 5.02 Å². The van der Waals surface area contributed by atoms with Crippen molar-refractivity contribution >= 4 is 33.2 Å². The summed E-state index contributed by atoms with van der Waals surface area (Å²) >= 11 is 5.86. The molecule has 0 N–H and O–H groups in total. The molecular formula is C19H21ClN2O4S. The van der Waals surface area contributed by atoms with Crippen molar-refractivity contribution in [2.75, 3.05) is 25.5 Å². The van der Waals surface area contributed by atoms with Gasteiger partial charge in [-0.3, -0.25) is 4.79 Å². The van der Waals surface area contributed by atoms with Crippen LogP contribution in [0.15, 0.2) is 47.4 Å². The summed E-state index contributed by atoms with van der Waals surface area (Å²) in [5, 5.41) is 0.587. The van der Waals surface area contributed by atoms with E-state index < -0.39 is 16.1 Å². The number of ether oxygens (including phenoxy) is 1. The van der Waals surface area contributed by atoms with Crippen molar-refractivity contribution in [3.8, 4) is 5.75 Å². The fourth-order valence-corrected chi connectivity index (χ4v) is 3.99. The first-order chi connectivity index (χ1) is 12.7. The fourth-order valence-electron chi connectivity index (χ4n) is 2.95. The number of benzene rings is 2. The maximum absolute atomic E-state index is 12.9. The van der Waals surface area contributed by atoms with Gasteiger partial charge < -0.3 is 9.64 Å². The average Bonchev–Trinajstić information content (AvgIpc) is 3.05. The predicted octanol–water partition coefficient (Wildman–Crippen LogP) is 2.95. The van der Waals surface area contributed by atoms with Crippen molar-refractivity contribution in [3.05, 3.63) is 53.1 Å². The molecule has 1 unspecified atom stereocenters. The van der Waals surface area contributed by atoms with Crippen LogP contribution in [0.3, 0.4) is 0 Å². The van der Waals surface area contributed by atoms with Crippen LogP contribution in [0.5, 0.6) is 5.75 Å². The molecule has 0 saturated heterocycles. The van der Waals surface area contributed by atoms with Crippen LogP contribution in [-0.2, 0) is 21.2 Å². The highest BCUT2D eigenvalue weighted by Gasteiger charge is 2.31. The lowest BCUT2D eigenvalue weighted by atomic mass is 10.2. The fraction of sp³-hybridized carbons (Fsp3) is 0.316. The summed E-state index contributed by atoms with van der Waals surface area (Å²) in [5.74, 6) is 0.326. The summed E-state index contributed by atoms with van der Waals surface area (Å²) in [6, 6.07) is 11.7. The number of anilines is 1. The molecule has 2 aromatic carbocycles. The maximum atomic E-state index is 12.9. The first-order valence-electron chi connectivity index (χ1n) is 8.49. The molecule has 1 atom stereocenters. The Bertz CT molecular complexity index is 958. The lowest BCUT2D eigenvalue weighted by Crippen LogP contribution is -2.39. The van der Waals surface area contributed by atoms with Crippen molar-refractivity contribution in [1.82, 2.24) is 4.31 Å². The van der Waals surface area contributed by atoms with Crippen molar-refractivity contribution in [3.63, 3.8) is 0 Å². The Balaban J connectivity index is 1.83. The molecule has 144 valence electrons. The standard InChI is InChI=1S/C19H21ClN2O4S/c1-13(26-16-7-5-15(20)6-8-16)19(23)22-11-10-14-4-9-17(12-18(14)22)27(24,25)21(2)3/h4-9,12-13H,10-11H2,1-3H3. The molecule has 0 fully saturated rings. The smallest absolute Gasteiger partial charge is 0.267 e. The molecule has 0 spiro atoms. The Labute approximate surface area is 164 Å². The van der Waals surface area contributed by atoms with E-state index in [1.807, 2.05) is 0 Å². The number of sulfonamides is 1. The highest BCUT2D eigenvalue weighted by molar-refractivity contribution is 7.89. The SMILES string of the molecule is CC(Oc1ccc(Cl)cc1)C(=O)N1CCc2ccc(S(=O)(=O)N(C)C)cc21. The third kappa shape index (κ3) is 3.95. The van der Waals surface area contributed by atoms with Gasteiger partial charge in [-0.05, 0) is 55.3 Å². The van der Waals surface area contributed by atoms with Crippen LogP contribution < -0.4 is 9.64 Å². The third-order valence-electron chi connectivity index (χ3n) is 4.47. The van der Waals surface area contributed by atoms with Crippen molar-refractivity contribution in [1.29, 1.82) is 0 Å². The number of hydrogen-bond acceptors (Lipinski definition) is 4. The van der Waals surface area contributed by atoms with E-state index in [0.29, 0.717) is 29.4 Å². The van der Waals surface area contributed by atoms with Crippen LogP contribution in [-0.4, -0.2) is 45.4 Å². The number of nitrogens with zero attached hydrogens (tertiary/aromatic N) is 2. The van der Waals surface area contributed by atoms with E-state index in [9.17, 15) is 13.2 Å². The van der Waals surface area contributed by atoms with E-state index in [4.69, 9.17) is 16.3 Å². The van der Waals surface area contributed by atoms with Crippen LogP contribution in [0.1, 0.15) is 12.5 Å². The monoisotopic (exact) mass is 408 g/mol. The molecule has 3 rings (SSSR count). The van der Waals surface area contributed by atoms with Gasteiger partial charge in [0, 0.05) is 31.4 Å². The molecule has 0 bridgehead atoms. The Hall–Kier alpha value is -2.09. The summed E-state index contributed by atoms with van der Waals surface area (Å²) in [7, 11) is -0.610.